The molecule has 5 nitrogen and oxygen atoms in total. The first-order chi connectivity index (χ1) is 12.1. The zero-order valence-corrected chi connectivity index (χ0v) is 14.3. The van der Waals surface area contributed by atoms with E-state index in [4.69, 9.17) is 5.73 Å². The first-order valence-electron chi connectivity index (χ1n) is 8.20. The number of nitrogens with zero attached hydrogens (tertiary/aromatic N) is 2. The highest BCUT2D eigenvalue weighted by Crippen LogP contribution is 2.38. The molecule has 0 saturated carbocycles. The van der Waals surface area contributed by atoms with Gasteiger partial charge in [0.15, 0.2) is 0 Å². The number of carbonyl (C=O) groups excluding carboxylic acids is 1. The maximum absolute atomic E-state index is 13.2. The fourth-order valence-corrected chi connectivity index (χ4v) is 4.54. The number of anilines is 1. The highest BCUT2D eigenvalue weighted by molar-refractivity contribution is 7.19. The van der Waals surface area contributed by atoms with Crippen molar-refractivity contribution in [2.24, 2.45) is 5.73 Å². The van der Waals surface area contributed by atoms with Gasteiger partial charge in [-0.25, -0.2) is 14.4 Å². The number of carbonyl (C=O) groups is 1. The average molecular weight is 356 g/mol. The van der Waals surface area contributed by atoms with E-state index < -0.39 is 11.9 Å². The predicted molar refractivity (Wildman–Crippen MR) is 96.0 cm³/mol. The molecule has 0 bridgehead atoms. The molecule has 1 unspecified atom stereocenters. The lowest BCUT2D eigenvalue weighted by Crippen LogP contribution is -2.28. The summed E-state index contributed by atoms with van der Waals surface area (Å²) in [5.74, 6) is -0.289. The zero-order chi connectivity index (χ0) is 17.4. The van der Waals surface area contributed by atoms with Crippen LogP contribution in [0.25, 0.3) is 10.2 Å². The van der Waals surface area contributed by atoms with Gasteiger partial charge in [0.25, 0.3) is 0 Å². The molecule has 25 heavy (non-hydrogen) atoms. The molecule has 1 aliphatic rings. The van der Waals surface area contributed by atoms with Gasteiger partial charge in [0.2, 0.25) is 5.91 Å². The molecule has 0 radical (unpaired) electrons. The number of primary amides is 1. The molecule has 3 N–H and O–H groups in total. The van der Waals surface area contributed by atoms with Crippen molar-refractivity contribution in [1.29, 1.82) is 0 Å². The average Bonchev–Trinajstić information content (AvgIpc) is 2.99. The number of benzene rings is 1. The lowest BCUT2D eigenvalue weighted by molar-refractivity contribution is -0.118. The topological polar surface area (TPSA) is 80.9 Å². The van der Waals surface area contributed by atoms with E-state index in [9.17, 15) is 9.18 Å². The number of rotatable bonds is 4. The zero-order valence-electron chi connectivity index (χ0n) is 13.5. The highest BCUT2D eigenvalue weighted by Gasteiger charge is 2.23. The molecular weight excluding hydrogens is 339 g/mol. The van der Waals surface area contributed by atoms with E-state index in [1.54, 1.807) is 23.5 Å². The van der Waals surface area contributed by atoms with Crippen LogP contribution in [0.1, 0.15) is 34.9 Å². The highest BCUT2D eigenvalue weighted by atomic mass is 32.1. The largest absolute Gasteiger partial charge is 0.368 e. The van der Waals surface area contributed by atoms with Crippen LogP contribution in [-0.4, -0.2) is 15.9 Å². The smallest absolute Gasteiger partial charge is 0.244 e. The van der Waals surface area contributed by atoms with Crippen molar-refractivity contribution >= 4 is 33.3 Å². The summed E-state index contributed by atoms with van der Waals surface area (Å²) in [5.41, 5.74) is 7.45. The van der Waals surface area contributed by atoms with Gasteiger partial charge in [-0.05, 0) is 48.9 Å². The number of hydrogen-bond donors (Lipinski definition) is 2. The van der Waals surface area contributed by atoms with Gasteiger partial charge < -0.3 is 11.1 Å². The molecule has 0 fully saturated rings. The number of thiophene rings is 1. The second kappa shape index (κ2) is 6.40. The maximum atomic E-state index is 13.2. The van der Waals surface area contributed by atoms with Crippen LogP contribution in [0.5, 0.6) is 0 Å². The minimum atomic E-state index is -0.780. The number of aromatic nitrogens is 2. The molecule has 0 spiro atoms. The Hall–Kier alpha value is -2.54. The van der Waals surface area contributed by atoms with Crippen LogP contribution in [0.2, 0.25) is 0 Å². The summed E-state index contributed by atoms with van der Waals surface area (Å²) in [7, 11) is 0. The number of amides is 1. The molecular formula is C18H17FN4OS. The minimum Gasteiger partial charge on any atom is -0.368 e. The molecule has 0 saturated heterocycles. The fraction of sp³-hybridized carbons (Fsp3) is 0.278. The van der Waals surface area contributed by atoms with E-state index >= 15 is 0 Å². The summed E-state index contributed by atoms with van der Waals surface area (Å²) in [6.07, 6.45) is 5.89. The van der Waals surface area contributed by atoms with Crippen molar-refractivity contribution in [3.8, 4) is 0 Å². The third-order valence-corrected chi connectivity index (χ3v) is 5.72. The number of nitrogens with two attached hydrogens (primary N) is 1. The van der Waals surface area contributed by atoms with Gasteiger partial charge in [-0.15, -0.1) is 11.3 Å². The number of hydrogen-bond acceptors (Lipinski definition) is 5. The maximum Gasteiger partial charge on any atom is 0.244 e. The summed E-state index contributed by atoms with van der Waals surface area (Å²) in [5, 5.41) is 4.13. The Kier molecular flexibility index (Phi) is 4.09. The number of aryl methyl sites for hydroxylation is 2. The van der Waals surface area contributed by atoms with E-state index in [1.165, 1.54) is 35.3 Å². The standard InChI is InChI=1S/C18H17FN4OS/c19-11-7-5-10(6-8-11)15(16(20)24)23-17-14-12-3-1-2-4-13(12)25-18(14)22-9-21-17/h5-9,15H,1-4H2,(H2,20,24)(H,21,22,23). The quantitative estimate of drug-likeness (QED) is 0.751. The van der Waals surface area contributed by atoms with Gasteiger partial charge in [0.1, 0.15) is 28.8 Å². The molecule has 7 heteroatoms. The molecule has 1 aliphatic carbocycles. The Labute approximate surface area is 148 Å². The molecule has 0 aliphatic heterocycles. The normalized spacial score (nSPS) is 14.9. The predicted octanol–water partition coefficient (Wildman–Crippen LogP) is 3.35. The van der Waals surface area contributed by atoms with Crippen LogP contribution in [0.15, 0.2) is 30.6 Å². The Morgan fingerprint density at radius 3 is 2.72 bits per heavy atom. The van der Waals surface area contributed by atoms with Crippen LogP contribution in [0.3, 0.4) is 0 Å². The molecule has 128 valence electrons. The Bertz CT molecular complexity index is 938. The van der Waals surface area contributed by atoms with Crippen molar-refractivity contribution in [1.82, 2.24) is 9.97 Å². The molecule has 1 atom stereocenters. The molecule has 2 aromatic heterocycles. The SMILES string of the molecule is NC(=O)C(Nc1ncnc2sc3c(c12)CCCC3)c1ccc(F)cc1. The monoisotopic (exact) mass is 356 g/mol. The molecule has 1 amide bonds. The van der Waals surface area contributed by atoms with E-state index in [0.717, 1.165) is 29.5 Å². The van der Waals surface area contributed by atoms with Crippen molar-refractivity contribution in [2.75, 3.05) is 5.32 Å². The Balaban J connectivity index is 1.77. The van der Waals surface area contributed by atoms with E-state index in [-0.39, 0.29) is 5.82 Å². The van der Waals surface area contributed by atoms with Crippen molar-refractivity contribution in [2.45, 2.75) is 31.7 Å². The fourth-order valence-electron chi connectivity index (χ4n) is 3.31. The van der Waals surface area contributed by atoms with Gasteiger partial charge >= 0.3 is 0 Å². The summed E-state index contributed by atoms with van der Waals surface area (Å²) >= 11 is 1.69. The van der Waals surface area contributed by atoms with E-state index in [2.05, 4.69) is 15.3 Å². The van der Waals surface area contributed by atoms with Crippen LogP contribution >= 0.6 is 11.3 Å². The lowest BCUT2D eigenvalue weighted by Gasteiger charge is -2.18. The summed E-state index contributed by atoms with van der Waals surface area (Å²) in [4.78, 5) is 23.0. The first-order valence-corrected chi connectivity index (χ1v) is 9.01. The Morgan fingerprint density at radius 2 is 1.96 bits per heavy atom. The lowest BCUT2D eigenvalue weighted by atomic mass is 9.97. The number of nitrogens with one attached hydrogen (secondary N) is 1. The van der Waals surface area contributed by atoms with Gasteiger partial charge in [-0.1, -0.05) is 12.1 Å². The summed E-state index contributed by atoms with van der Waals surface area (Å²) in [6, 6.07) is 4.96. The summed E-state index contributed by atoms with van der Waals surface area (Å²) in [6.45, 7) is 0. The third kappa shape index (κ3) is 2.95. The van der Waals surface area contributed by atoms with E-state index in [0.29, 0.717) is 11.4 Å². The molecule has 3 aromatic rings. The molecule has 1 aromatic carbocycles. The van der Waals surface area contributed by atoms with E-state index in [1.807, 2.05) is 0 Å². The molecule has 4 rings (SSSR count). The van der Waals surface area contributed by atoms with Crippen LogP contribution < -0.4 is 11.1 Å². The van der Waals surface area contributed by atoms with Crippen LogP contribution in [-0.2, 0) is 17.6 Å². The Morgan fingerprint density at radius 1 is 1.20 bits per heavy atom. The molecule has 2 heterocycles. The number of halogens is 1. The first kappa shape index (κ1) is 16.0. The van der Waals surface area contributed by atoms with Gasteiger partial charge in [0.05, 0.1) is 5.39 Å². The second-order valence-corrected chi connectivity index (χ2v) is 7.23. The van der Waals surface area contributed by atoms with Crippen molar-refractivity contribution in [3.63, 3.8) is 0 Å². The van der Waals surface area contributed by atoms with Crippen molar-refractivity contribution in [3.05, 3.63) is 52.4 Å². The summed E-state index contributed by atoms with van der Waals surface area (Å²) < 4.78 is 13.2. The third-order valence-electron chi connectivity index (χ3n) is 4.52. The van der Waals surface area contributed by atoms with Crippen LogP contribution in [0, 0.1) is 5.82 Å². The van der Waals surface area contributed by atoms with Gasteiger partial charge in [-0.3, -0.25) is 4.79 Å². The van der Waals surface area contributed by atoms with Crippen molar-refractivity contribution < 1.29 is 9.18 Å². The van der Waals surface area contributed by atoms with Gasteiger partial charge in [-0.2, -0.15) is 0 Å². The number of fused-ring (bicyclic) bond motifs is 3. The minimum absolute atomic E-state index is 0.358. The second-order valence-electron chi connectivity index (χ2n) is 6.14. The van der Waals surface area contributed by atoms with Crippen LogP contribution in [0.4, 0.5) is 10.2 Å². The van der Waals surface area contributed by atoms with Gasteiger partial charge in [0, 0.05) is 4.88 Å².